The Hall–Kier alpha value is -1.07. The van der Waals surface area contributed by atoms with Gasteiger partial charge in [0.25, 0.3) is 0 Å². The second kappa shape index (κ2) is 4.66. The van der Waals surface area contributed by atoms with Crippen molar-refractivity contribution in [3.05, 3.63) is 55.7 Å². The van der Waals surface area contributed by atoms with Gasteiger partial charge >= 0.3 is 0 Å². The Morgan fingerprint density at radius 3 is 2.24 bits per heavy atom. The summed E-state index contributed by atoms with van der Waals surface area (Å²) in [6.45, 7) is 1.86. The molecule has 0 fully saturated rings. The summed E-state index contributed by atoms with van der Waals surface area (Å²) in [7, 11) is 0. The molecule has 0 aliphatic heterocycles. The third kappa shape index (κ3) is 2.61. The highest BCUT2D eigenvalue weighted by Crippen LogP contribution is 2.29. The molecular weight excluding hydrogens is 310 g/mol. The third-order valence-corrected chi connectivity index (χ3v) is 4.08. The standard InChI is InChI=1S/C12H7BrF2OS/c1-6-2-10(13)12(17-6)11(16)7-3-8(14)5-9(15)4-7/h2-5H,1H3. The highest BCUT2D eigenvalue weighted by molar-refractivity contribution is 9.10. The van der Waals surface area contributed by atoms with Gasteiger partial charge in [-0.2, -0.15) is 0 Å². The van der Waals surface area contributed by atoms with Crippen molar-refractivity contribution >= 4 is 33.0 Å². The van der Waals surface area contributed by atoms with E-state index in [0.717, 1.165) is 23.1 Å². The van der Waals surface area contributed by atoms with Crippen LogP contribution in [0, 0.1) is 18.6 Å². The lowest BCUT2D eigenvalue weighted by molar-refractivity contribution is 0.104. The summed E-state index contributed by atoms with van der Waals surface area (Å²) < 4.78 is 26.7. The number of ketones is 1. The van der Waals surface area contributed by atoms with E-state index in [1.165, 1.54) is 11.3 Å². The fourth-order valence-corrected chi connectivity index (χ4v) is 3.24. The zero-order chi connectivity index (χ0) is 12.6. The molecule has 88 valence electrons. The molecule has 17 heavy (non-hydrogen) atoms. The van der Waals surface area contributed by atoms with E-state index in [2.05, 4.69) is 15.9 Å². The minimum Gasteiger partial charge on any atom is -0.288 e. The molecule has 1 nitrogen and oxygen atoms in total. The van der Waals surface area contributed by atoms with E-state index < -0.39 is 11.6 Å². The molecule has 0 bridgehead atoms. The van der Waals surface area contributed by atoms with Crippen LogP contribution in [0.2, 0.25) is 0 Å². The van der Waals surface area contributed by atoms with E-state index >= 15 is 0 Å². The average Bonchev–Trinajstić information content (AvgIpc) is 2.55. The van der Waals surface area contributed by atoms with Crippen LogP contribution in [0.5, 0.6) is 0 Å². The number of carbonyl (C=O) groups is 1. The summed E-state index contributed by atoms with van der Waals surface area (Å²) in [4.78, 5) is 13.4. The van der Waals surface area contributed by atoms with Crippen LogP contribution in [-0.2, 0) is 0 Å². The first-order valence-electron chi connectivity index (χ1n) is 4.74. The van der Waals surface area contributed by atoms with Gasteiger partial charge in [0, 0.05) is 21.0 Å². The maximum absolute atomic E-state index is 13.0. The number of hydrogen-bond acceptors (Lipinski definition) is 2. The van der Waals surface area contributed by atoms with Gasteiger partial charge in [-0.05, 0) is 41.1 Å². The van der Waals surface area contributed by atoms with Gasteiger partial charge in [-0.25, -0.2) is 8.78 Å². The van der Waals surface area contributed by atoms with Crippen LogP contribution >= 0.6 is 27.3 Å². The molecule has 0 aliphatic rings. The lowest BCUT2D eigenvalue weighted by Crippen LogP contribution is -2.01. The topological polar surface area (TPSA) is 17.1 Å². The SMILES string of the molecule is Cc1cc(Br)c(C(=O)c2cc(F)cc(F)c2)s1. The van der Waals surface area contributed by atoms with E-state index in [1.54, 1.807) is 6.07 Å². The summed E-state index contributed by atoms with van der Waals surface area (Å²) in [5.74, 6) is -1.89. The molecule has 0 atom stereocenters. The van der Waals surface area contributed by atoms with E-state index in [1.807, 2.05) is 6.92 Å². The van der Waals surface area contributed by atoms with Crippen molar-refractivity contribution in [3.8, 4) is 0 Å². The monoisotopic (exact) mass is 316 g/mol. The van der Waals surface area contributed by atoms with Gasteiger partial charge in [0.05, 0.1) is 4.88 Å². The minimum absolute atomic E-state index is 0.0186. The van der Waals surface area contributed by atoms with Crippen molar-refractivity contribution in [2.75, 3.05) is 0 Å². The van der Waals surface area contributed by atoms with Crippen molar-refractivity contribution in [1.29, 1.82) is 0 Å². The van der Waals surface area contributed by atoms with Crippen LogP contribution in [-0.4, -0.2) is 5.78 Å². The molecular formula is C12H7BrF2OS. The number of hydrogen-bond donors (Lipinski definition) is 0. The van der Waals surface area contributed by atoms with E-state index in [4.69, 9.17) is 0 Å². The van der Waals surface area contributed by atoms with E-state index in [-0.39, 0.29) is 11.3 Å². The first-order valence-corrected chi connectivity index (χ1v) is 6.35. The van der Waals surface area contributed by atoms with Crippen molar-refractivity contribution < 1.29 is 13.6 Å². The van der Waals surface area contributed by atoms with Crippen molar-refractivity contribution in [2.45, 2.75) is 6.92 Å². The number of benzene rings is 1. The number of thiophene rings is 1. The van der Waals surface area contributed by atoms with Crippen molar-refractivity contribution in [2.24, 2.45) is 0 Å². The average molecular weight is 317 g/mol. The predicted molar refractivity (Wildman–Crippen MR) is 66.5 cm³/mol. The molecule has 5 heteroatoms. The van der Waals surface area contributed by atoms with Gasteiger partial charge in [0.15, 0.2) is 0 Å². The van der Waals surface area contributed by atoms with Crippen LogP contribution < -0.4 is 0 Å². The highest BCUT2D eigenvalue weighted by atomic mass is 79.9. The summed E-state index contributed by atoms with van der Waals surface area (Å²) in [5, 5.41) is 0. The lowest BCUT2D eigenvalue weighted by atomic mass is 10.1. The zero-order valence-corrected chi connectivity index (χ0v) is 11.2. The predicted octanol–water partition coefficient (Wildman–Crippen LogP) is 4.33. The Morgan fingerprint density at radius 1 is 1.18 bits per heavy atom. The molecule has 1 aromatic carbocycles. The fraction of sp³-hybridized carbons (Fsp3) is 0.0833. The number of rotatable bonds is 2. The second-order valence-corrected chi connectivity index (χ2v) is 5.63. The summed E-state index contributed by atoms with van der Waals surface area (Å²) in [5.41, 5.74) is 0.0186. The smallest absolute Gasteiger partial charge is 0.204 e. The molecule has 0 radical (unpaired) electrons. The van der Waals surface area contributed by atoms with Crippen LogP contribution in [0.4, 0.5) is 8.78 Å². The number of carbonyl (C=O) groups excluding carboxylic acids is 1. The molecule has 2 rings (SSSR count). The quantitative estimate of drug-likeness (QED) is 0.754. The fourth-order valence-electron chi connectivity index (χ4n) is 1.45. The summed E-state index contributed by atoms with van der Waals surface area (Å²) in [6, 6.07) is 4.61. The van der Waals surface area contributed by atoms with E-state index in [9.17, 15) is 13.6 Å². The molecule has 0 amide bonds. The maximum Gasteiger partial charge on any atom is 0.204 e. The van der Waals surface area contributed by atoms with Gasteiger partial charge in [0.1, 0.15) is 11.6 Å². The van der Waals surface area contributed by atoms with Crippen LogP contribution in [0.1, 0.15) is 20.1 Å². The Bertz CT molecular complexity index is 572. The summed E-state index contributed by atoms with van der Waals surface area (Å²) in [6.07, 6.45) is 0. The lowest BCUT2D eigenvalue weighted by Gasteiger charge is -2.00. The first-order chi connectivity index (χ1) is 7.97. The molecule has 0 unspecified atom stereocenters. The van der Waals surface area contributed by atoms with Crippen molar-refractivity contribution in [3.63, 3.8) is 0 Å². The largest absolute Gasteiger partial charge is 0.288 e. The molecule has 0 spiro atoms. The van der Waals surface area contributed by atoms with Crippen LogP contribution in [0.25, 0.3) is 0 Å². The molecule has 0 saturated carbocycles. The van der Waals surface area contributed by atoms with Gasteiger partial charge < -0.3 is 0 Å². The molecule has 1 aromatic heterocycles. The van der Waals surface area contributed by atoms with Crippen molar-refractivity contribution in [1.82, 2.24) is 0 Å². The van der Waals surface area contributed by atoms with Crippen LogP contribution in [0.3, 0.4) is 0 Å². The van der Waals surface area contributed by atoms with Crippen LogP contribution in [0.15, 0.2) is 28.7 Å². The highest BCUT2D eigenvalue weighted by Gasteiger charge is 2.17. The number of halogens is 3. The number of aryl methyl sites for hydroxylation is 1. The Morgan fingerprint density at radius 2 is 1.76 bits per heavy atom. The molecule has 0 saturated heterocycles. The normalized spacial score (nSPS) is 10.6. The van der Waals surface area contributed by atoms with Gasteiger partial charge in [-0.1, -0.05) is 0 Å². The Labute approximate surface area is 109 Å². The summed E-state index contributed by atoms with van der Waals surface area (Å²) >= 11 is 4.54. The maximum atomic E-state index is 13.0. The van der Waals surface area contributed by atoms with Gasteiger partial charge in [-0.3, -0.25) is 4.79 Å². The first kappa shape index (κ1) is 12.4. The molecule has 0 N–H and O–H groups in total. The van der Waals surface area contributed by atoms with Gasteiger partial charge in [0.2, 0.25) is 5.78 Å². The van der Waals surface area contributed by atoms with E-state index in [0.29, 0.717) is 9.35 Å². The minimum atomic E-state index is -0.752. The Kier molecular flexibility index (Phi) is 3.40. The molecule has 1 heterocycles. The van der Waals surface area contributed by atoms with Gasteiger partial charge in [-0.15, -0.1) is 11.3 Å². The molecule has 2 aromatic rings. The second-order valence-electron chi connectivity index (χ2n) is 3.52. The molecule has 0 aliphatic carbocycles. The third-order valence-electron chi connectivity index (χ3n) is 2.14. The zero-order valence-electron chi connectivity index (χ0n) is 8.76. The Balaban J connectivity index is 2.47.